The molecule has 2 nitrogen and oxygen atoms in total. The summed E-state index contributed by atoms with van der Waals surface area (Å²) < 4.78 is 51.4. The maximum Gasteiger partial charge on any atom is 0.573 e. The van der Waals surface area contributed by atoms with Crippen molar-refractivity contribution in [1.82, 2.24) is 0 Å². The molecule has 0 bridgehead atoms. The van der Waals surface area contributed by atoms with Crippen molar-refractivity contribution < 1.29 is 27.1 Å². The summed E-state index contributed by atoms with van der Waals surface area (Å²) >= 11 is 10.8. The molecule has 1 aromatic carbocycles. The fraction of sp³-hybridized carbons (Fsp3) is 0.125. The van der Waals surface area contributed by atoms with Gasteiger partial charge in [-0.3, -0.25) is 4.79 Å². The third kappa shape index (κ3) is 3.24. The first-order chi connectivity index (χ1) is 7.20. The first-order valence-corrected chi connectivity index (χ1v) is 4.41. The fourth-order valence-corrected chi connectivity index (χ4v) is 1.38. The zero-order valence-electron chi connectivity index (χ0n) is 7.24. The number of alkyl halides is 3. The average Bonchev–Trinajstić information content (AvgIpc) is 2.07. The van der Waals surface area contributed by atoms with E-state index in [0.29, 0.717) is 6.07 Å². The van der Waals surface area contributed by atoms with E-state index in [1.165, 1.54) is 0 Å². The van der Waals surface area contributed by atoms with Crippen molar-refractivity contribution in [3.05, 3.63) is 27.7 Å². The molecule has 0 amide bonds. The molecule has 0 spiro atoms. The lowest BCUT2D eigenvalue weighted by atomic mass is 10.2. The molecule has 88 valence electrons. The Labute approximate surface area is 96.7 Å². The van der Waals surface area contributed by atoms with E-state index in [1.54, 1.807) is 0 Å². The Morgan fingerprint density at radius 3 is 2.19 bits per heavy atom. The minimum atomic E-state index is -4.99. The molecule has 0 aliphatic carbocycles. The van der Waals surface area contributed by atoms with E-state index in [9.17, 15) is 22.4 Å². The van der Waals surface area contributed by atoms with Crippen LogP contribution in [0.1, 0.15) is 10.4 Å². The van der Waals surface area contributed by atoms with Crippen molar-refractivity contribution in [2.75, 3.05) is 0 Å². The number of hydrogen-bond donors (Lipinski definition) is 0. The SMILES string of the molecule is O=C(F)c1cc(OC(F)(F)F)c(Cl)cc1Cl. The summed E-state index contributed by atoms with van der Waals surface area (Å²) in [5.41, 5.74) is -0.745. The molecule has 8 heteroatoms. The highest BCUT2D eigenvalue weighted by Crippen LogP contribution is 2.34. The lowest BCUT2D eigenvalue weighted by molar-refractivity contribution is -0.274. The Hall–Kier alpha value is -1.01. The van der Waals surface area contributed by atoms with E-state index in [0.717, 1.165) is 6.07 Å². The van der Waals surface area contributed by atoms with Crippen LogP contribution in [-0.4, -0.2) is 12.4 Å². The molecule has 1 rings (SSSR count). The summed E-state index contributed by atoms with van der Waals surface area (Å²) in [5.74, 6) is -0.889. The van der Waals surface area contributed by atoms with E-state index in [2.05, 4.69) is 4.74 Å². The fourth-order valence-electron chi connectivity index (χ4n) is 0.883. The van der Waals surface area contributed by atoms with Gasteiger partial charge in [-0.25, -0.2) is 0 Å². The number of carbonyl (C=O) groups is 1. The van der Waals surface area contributed by atoms with Crippen LogP contribution in [0.3, 0.4) is 0 Å². The molecule has 0 saturated heterocycles. The third-order valence-corrected chi connectivity index (χ3v) is 2.07. The quantitative estimate of drug-likeness (QED) is 0.603. The Bertz CT molecular complexity index is 431. The molecule has 0 radical (unpaired) electrons. The largest absolute Gasteiger partial charge is 0.573 e. The minimum Gasteiger partial charge on any atom is -0.404 e. The van der Waals surface area contributed by atoms with Gasteiger partial charge in [-0.1, -0.05) is 23.2 Å². The van der Waals surface area contributed by atoms with Gasteiger partial charge in [0.1, 0.15) is 5.75 Å². The lowest BCUT2D eigenvalue weighted by Crippen LogP contribution is -2.17. The number of carbonyl (C=O) groups excluding carboxylic acids is 1. The van der Waals surface area contributed by atoms with Crippen LogP contribution in [-0.2, 0) is 0 Å². The van der Waals surface area contributed by atoms with Crippen LogP contribution in [0.5, 0.6) is 5.75 Å². The van der Waals surface area contributed by atoms with Crippen LogP contribution in [0.4, 0.5) is 17.6 Å². The van der Waals surface area contributed by atoms with Gasteiger partial charge in [0, 0.05) is 0 Å². The first kappa shape index (κ1) is 13.1. The van der Waals surface area contributed by atoms with Gasteiger partial charge in [-0.05, 0) is 12.1 Å². The molecule has 0 aliphatic heterocycles. The van der Waals surface area contributed by atoms with Crippen molar-refractivity contribution >= 4 is 29.2 Å². The van der Waals surface area contributed by atoms with Crippen LogP contribution in [0.2, 0.25) is 10.0 Å². The molecule has 0 atom stereocenters. The second kappa shape index (κ2) is 4.47. The van der Waals surface area contributed by atoms with Crippen LogP contribution < -0.4 is 4.74 Å². The van der Waals surface area contributed by atoms with E-state index in [1.807, 2.05) is 0 Å². The van der Waals surface area contributed by atoms with Crippen LogP contribution in [0.25, 0.3) is 0 Å². The molecular formula is C8H2Cl2F4O2. The van der Waals surface area contributed by atoms with Gasteiger partial charge in [0.05, 0.1) is 15.6 Å². The van der Waals surface area contributed by atoms with Crippen molar-refractivity contribution in [3.8, 4) is 5.75 Å². The smallest absolute Gasteiger partial charge is 0.404 e. The highest BCUT2D eigenvalue weighted by Gasteiger charge is 2.32. The molecule has 0 N–H and O–H groups in total. The molecule has 0 saturated carbocycles. The zero-order chi connectivity index (χ0) is 12.5. The zero-order valence-corrected chi connectivity index (χ0v) is 8.75. The van der Waals surface area contributed by atoms with Gasteiger partial charge in [0.25, 0.3) is 0 Å². The molecular weight excluding hydrogens is 275 g/mol. The van der Waals surface area contributed by atoms with E-state index < -0.39 is 33.8 Å². The summed E-state index contributed by atoms with van der Waals surface area (Å²) in [6.07, 6.45) is -4.99. The van der Waals surface area contributed by atoms with Gasteiger partial charge in [0.2, 0.25) is 0 Å². The number of hydrogen-bond acceptors (Lipinski definition) is 2. The molecule has 0 aliphatic rings. The maximum absolute atomic E-state index is 12.3. The molecule has 0 aromatic heterocycles. The Kier molecular flexibility index (Phi) is 3.64. The molecule has 16 heavy (non-hydrogen) atoms. The topological polar surface area (TPSA) is 26.3 Å². The van der Waals surface area contributed by atoms with Gasteiger partial charge >= 0.3 is 12.4 Å². The van der Waals surface area contributed by atoms with Gasteiger partial charge < -0.3 is 4.74 Å². The van der Waals surface area contributed by atoms with E-state index >= 15 is 0 Å². The van der Waals surface area contributed by atoms with Gasteiger partial charge in [0.15, 0.2) is 0 Å². The second-order valence-electron chi connectivity index (χ2n) is 2.58. The van der Waals surface area contributed by atoms with E-state index in [-0.39, 0.29) is 0 Å². The minimum absolute atomic E-state index is 0.396. The molecule has 0 unspecified atom stereocenters. The predicted octanol–water partition coefficient (Wildman–Crippen LogP) is 4.00. The van der Waals surface area contributed by atoms with Gasteiger partial charge in [-0.15, -0.1) is 13.2 Å². The monoisotopic (exact) mass is 276 g/mol. The molecule has 1 aromatic rings. The first-order valence-electron chi connectivity index (χ1n) is 3.65. The van der Waals surface area contributed by atoms with E-state index in [4.69, 9.17) is 23.2 Å². The summed E-state index contributed by atoms with van der Waals surface area (Å²) in [7, 11) is 0. The van der Waals surface area contributed by atoms with Crippen molar-refractivity contribution in [2.24, 2.45) is 0 Å². The van der Waals surface area contributed by atoms with Crippen molar-refractivity contribution in [3.63, 3.8) is 0 Å². The molecule has 0 heterocycles. The molecule has 0 fully saturated rings. The Morgan fingerprint density at radius 1 is 1.19 bits per heavy atom. The Morgan fingerprint density at radius 2 is 1.75 bits per heavy atom. The van der Waals surface area contributed by atoms with Crippen LogP contribution in [0.15, 0.2) is 12.1 Å². The maximum atomic E-state index is 12.3. The summed E-state index contributed by atoms with van der Waals surface area (Å²) in [5, 5.41) is -0.876. The van der Waals surface area contributed by atoms with Crippen molar-refractivity contribution in [2.45, 2.75) is 6.36 Å². The number of rotatable bonds is 2. The van der Waals surface area contributed by atoms with Crippen LogP contribution in [0, 0.1) is 0 Å². The number of benzene rings is 1. The van der Waals surface area contributed by atoms with Crippen molar-refractivity contribution in [1.29, 1.82) is 0 Å². The standard InChI is InChI=1S/C8H2Cl2F4O2/c9-4-2-5(10)6(16-8(12,13)14)1-3(4)7(11)15/h1-2H. The summed E-state index contributed by atoms with van der Waals surface area (Å²) in [4.78, 5) is 10.4. The van der Waals surface area contributed by atoms with Crippen LogP contribution >= 0.6 is 23.2 Å². The third-order valence-electron chi connectivity index (χ3n) is 1.46. The van der Waals surface area contributed by atoms with Gasteiger partial charge in [-0.2, -0.15) is 4.39 Å². The summed E-state index contributed by atoms with van der Waals surface area (Å²) in [6.45, 7) is 0. The average molecular weight is 277 g/mol. The lowest BCUT2D eigenvalue weighted by Gasteiger charge is -2.11. The predicted molar refractivity (Wildman–Crippen MR) is 48.6 cm³/mol. The number of halogens is 6. The Balaban J connectivity index is 3.20. The second-order valence-corrected chi connectivity index (χ2v) is 3.40. The number of ether oxygens (including phenoxy) is 1. The highest BCUT2D eigenvalue weighted by atomic mass is 35.5. The highest BCUT2D eigenvalue weighted by molar-refractivity contribution is 6.37. The summed E-state index contributed by atoms with van der Waals surface area (Å²) in [6, 6.07) is -0.703. The normalized spacial score (nSPS) is 11.4.